The maximum Gasteiger partial charge on any atom is 0.294 e. The van der Waals surface area contributed by atoms with E-state index in [1.165, 1.54) is 7.11 Å². The van der Waals surface area contributed by atoms with Crippen LogP contribution >= 0.6 is 62.5 Å². The molecule has 1 aliphatic heterocycles. The van der Waals surface area contributed by atoms with E-state index in [0.717, 1.165) is 22.2 Å². The highest BCUT2D eigenvalue weighted by molar-refractivity contribution is 9.10. The van der Waals surface area contributed by atoms with Crippen molar-refractivity contribution in [3.63, 3.8) is 0 Å². The Labute approximate surface area is 246 Å². The van der Waals surface area contributed by atoms with E-state index < -0.39 is 23.6 Å². The minimum absolute atomic E-state index is 0.167. The molecule has 3 amide bonds. The Morgan fingerprint density at radius 1 is 1.08 bits per heavy atom. The first-order valence-corrected chi connectivity index (χ1v) is 13.6. The number of nitrogens with one attached hydrogen (secondary N) is 1. The summed E-state index contributed by atoms with van der Waals surface area (Å²) >= 11 is 22.3. The number of halogens is 4. The van der Waals surface area contributed by atoms with Crippen LogP contribution in [0, 0.1) is 0 Å². The molecule has 4 rings (SSSR count). The molecule has 0 aliphatic carbocycles. The van der Waals surface area contributed by atoms with Gasteiger partial charge in [-0.15, -0.1) is 0 Å². The molecule has 0 saturated carbocycles. The summed E-state index contributed by atoms with van der Waals surface area (Å²) in [6.45, 7) is -0.262. The van der Waals surface area contributed by atoms with E-state index in [1.54, 1.807) is 60.7 Å². The number of ether oxygens (including phenoxy) is 2. The Balaban J connectivity index is 1.47. The van der Waals surface area contributed by atoms with E-state index >= 15 is 0 Å². The number of rotatable bonds is 8. The number of carbonyl (C=O) groups excluding carboxylic acids is 3. The predicted octanol–water partition coefficient (Wildman–Crippen LogP) is 7.67. The monoisotopic (exact) mass is 654 g/mol. The Kier molecular flexibility index (Phi) is 9.27. The highest BCUT2D eigenvalue weighted by Gasteiger charge is 2.36. The number of hydrogen-bond donors (Lipinski definition) is 1. The molecule has 7 nitrogen and oxygen atoms in total. The van der Waals surface area contributed by atoms with Gasteiger partial charge >= 0.3 is 0 Å². The van der Waals surface area contributed by atoms with E-state index in [-0.39, 0.29) is 11.5 Å². The first kappa shape index (κ1) is 28.3. The molecule has 3 aromatic rings. The van der Waals surface area contributed by atoms with Crippen molar-refractivity contribution in [2.24, 2.45) is 0 Å². The molecule has 1 N–H and O–H groups in total. The third-order valence-corrected chi connectivity index (χ3v) is 7.54. The van der Waals surface area contributed by atoms with Gasteiger partial charge in [-0.05, 0) is 81.8 Å². The van der Waals surface area contributed by atoms with Crippen molar-refractivity contribution >= 4 is 91.3 Å². The number of methoxy groups -OCH3 is 1. The number of thioether (sulfide) groups is 1. The number of hydrogen-bond acceptors (Lipinski definition) is 6. The molecular weight excluding hydrogens is 639 g/mol. The number of carbonyl (C=O) groups is 3. The summed E-state index contributed by atoms with van der Waals surface area (Å²) in [7, 11) is 1.49. The van der Waals surface area contributed by atoms with Crippen molar-refractivity contribution < 1.29 is 23.9 Å². The van der Waals surface area contributed by atoms with E-state index in [4.69, 9.17) is 44.3 Å². The van der Waals surface area contributed by atoms with Gasteiger partial charge < -0.3 is 14.8 Å². The molecule has 38 heavy (non-hydrogen) atoms. The molecule has 0 radical (unpaired) electrons. The number of anilines is 1. The summed E-state index contributed by atoms with van der Waals surface area (Å²) in [5.41, 5.74) is 1.78. The molecule has 0 spiro atoms. The molecule has 196 valence electrons. The fourth-order valence-electron chi connectivity index (χ4n) is 3.45. The molecule has 12 heteroatoms. The molecule has 0 bridgehead atoms. The van der Waals surface area contributed by atoms with E-state index in [0.29, 0.717) is 42.3 Å². The second kappa shape index (κ2) is 12.4. The zero-order chi connectivity index (χ0) is 27.4. The van der Waals surface area contributed by atoms with E-state index in [9.17, 15) is 14.4 Å². The lowest BCUT2D eigenvalue weighted by Crippen LogP contribution is -2.36. The minimum Gasteiger partial charge on any atom is -0.493 e. The quantitative estimate of drug-likeness (QED) is 0.251. The topological polar surface area (TPSA) is 84.9 Å². The third kappa shape index (κ3) is 6.84. The summed E-state index contributed by atoms with van der Waals surface area (Å²) in [4.78, 5) is 38.9. The maximum absolute atomic E-state index is 12.9. The van der Waals surface area contributed by atoms with Gasteiger partial charge in [0.05, 0.1) is 16.5 Å². The van der Waals surface area contributed by atoms with Gasteiger partial charge in [-0.2, -0.15) is 0 Å². The number of amides is 3. The molecule has 1 aliphatic rings. The van der Waals surface area contributed by atoms with Crippen LogP contribution in [0.3, 0.4) is 0 Å². The Morgan fingerprint density at radius 3 is 2.55 bits per heavy atom. The van der Waals surface area contributed by atoms with Gasteiger partial charge in [-0.3, -0.25) is 19.3 Å². The fourth-order valence-corrected chi connectivity index (χ4v) is 5.52. The van der Waals surface area contributed by atoms with E-state index in [1.807, 2.05) is 0 Å². The van der Waals surface area contributed by atoms with Gasteiger partial charge in [0, 0.05) is 26.3 Å². The normalized spacial score (nSPS) is 14.2. The van der Waals surface area contributed by atoms with Crippen molar-refractivity contribution in [3.05, 3.63) is 90.2 Å². The van der Waals surface area contributed by atoms with Crippen molar-refractivity contribution in [1.82, 2.24) is 4.90 Å². The summed E-state index contributed by atoms with van der Waals surface area (Å²) in [5, 5.41) is 3.52. The summed E-state index contributed by atoms with van der Waals surface area (Å²) in [5.74, 6) is -0.270. The second-order valence-corrected chi connectivity index (χ2v) is 11.0. The first-order valence-electron chi connectivity index (χ1n) is 10.9. The fraction of sp³-hybridized carbons (Fsp3) is 0.115. The summed E-state index contributed by atoms with van der Waals surface area (Å²) in [6, 6.07) is 15.1. The number of nitrogens with zero attached hydrogens (tertiary/aromatic N) is 1. The molecule has 1 fully saturated rings. The van der Waals surface area contributed by atoms with Crippen molar-refractivity contribution in [2.75, 3.05) is 19.0 Å². The van der Waals surface area contributed by atoms with Crippen LogP contribution in [0.1, 0.15) is 11.1 Å². The summed E-state index contributed by atoms with van der Waals surface area (Å²) in [6.07, 6.45) is 1.55. The molecule has 3 aromatic carbocycles. The van der Waals surface area contributed by atoms with Gasteiger partial charge in [-0.25, -0.2) is 0 Å². The molecule has 0 unspecified atom stereocenters. The Morgan fingerprint density at radius 2 is 1.84 bits per heavy atom. The van der Waals surface area contributed by atoms with Crippen LogP contribution in [-0.4, -0.2) is 35.6 Å². The highest BCUT2D eigenvalue weighted by Crippen LogP contribution is 2.40. The minimum atomic E-state index is -0.575. The second-order valence-electron chi connectivity index (χ2n) is 7.88. The lowest BCUT2D eigenvalue weighted by molar-refractivity contribution is -0.127. The highest BCUT2D eigenvalue weighted by atomic mass is 79.9. The van der Waals surface area contributed by atoms with Gasteiger partial charge in [-0.1, -0.05) is 46.9 Å². The summed E-state index contributed by atoms with van der Waals surface area (Å²) < 4.78 is 12.0. The van der Waals surface area contributed by atoms with Crippen molar-refractivity contribution in [1.29, 1.82) is 0 Å². The molecule has 1 saturated heterocycles. The van der Waals surface area contributed by atoms with Gasteiger partial charge in [0.15, 0.2) is 11.5 Å². The van der Waals surface area contributed by atoms with Crippen molar-refractivity contribution in [3.8, 4) is 11.5 Å². The Bertz CT molecular complexity index is 1470. The standard InChI is InChI=1S/C26H18BrCl3N2O5S/c1-36-21-8-14(7-19(27)24(21)37-13-15-5-6-17(29)11-20(15)30)9-22-25(34)32(26(35)38-22)12-23(33)31-18-4-2-3-16(28)10-18/h2-11H,12-13H2,1H3,(H,31,33)/b22-9+. The first-order chi connectivity index (χ1) is 18.1. The van der Waals surface area contributed by atoms with Crippen LogP contribution in [0.15, 0.2) is 64.0 Å². The molecule has 0 atom stereocenters. The van der Waals surface area contributed by atoms with Crippen LogP contribution in [-0.2, 0) is 16.2 Å². The molecular formula is C26H18BrCl3N2O5S. The molecule has 0 aromatic heterocycles. The lowest BCUT2D eigenvalue weighted by Gasteiger charge is -2.14. The average Bonchev–Trinajstić information content (AvgIpc) is 3.11. The SMILES string of the molecule is COc1cc(/C=C2/SC(=O)N(CC(=O)Nc3cccc(Cl)c3)C2=O)cc(Br)c1OCc1ccc(Cl)cc1Cl. The lowest BCUT2D eigenvalue weighted by atomic mass is 10.1. The van der Waals surface area contributed by atoms with Gasteiger partial charge in [0.25, 0.3) is 11.1 Å². The molecule has 1 heterocycles. The van der Waals surface area contributed by atoms with Crippen molar-refractivity contribution in [2.45, 2.75) is 6.61 Å². The number of benzene rings is 3. The maximum atomic E-state index is 12.9. The largest absolute Gasteiger partial charge is 0.493 e. The van der Waals surface area contributed by atoms with Crippen LogP contribution in [0.5, 0.6) is 11.5 Å². The van der Waals surface area contributed by atoms with Crippen LogP contribution in [0.4, 0.5) is 10.5 Å². The smallest absolute Gasteiger partial charge is 0.294 e. The van der Waals surface area contributed by atoms with E-state index in [2.05, 4.69) is 21.2 Å². The van der Waals surface area contributed by atoms with Gasteiger partial charge in [0.2, 0.25) is 5.91 Å². The van der Waals surface area contributed by atoms with Crippen LogP contribution in [0.25, 0.3) is 6.08 Å². The zero-order valence-electron chi connectivity index (χ0n) is 19.6. The van der Waals surface area contributed by atoms with Gasteiger partial charge in [0.1, 0.15) is 13.2 Å². The van der Waals surface area contributed by atoms with Crippen LogP contribution in [0.2, 0.25) is 15.1 Å². The number of imide groups is 1. The zero-order valence-corrected chi connectivity index (χ0v) is 24.3. The average molecular weight is 657 g/mol. The third-order valence-electron chi connectivity index (χ3n) is 5.22. The Hall–Kier alpha value is -2.69. The van der Waals surface area contributed by atoms with Crippen LogP contribution < -0.4 is 14.8 Å². The predicted molar refractivity (Wildman–Crippen MR) is 154 cm³/mol.